The van der Waals surface area contributed by atoms with Crippen molar-refractivity contribution in [1.82, 2.24) is 4.90 Å². The van der Waals surface area contributed by atoms with Gasteiger partial charge < -0.3 is 15.4 Å². The van der Waals surface area contributed by atoms with Crippen molar-refractivity contribution in [1.29, 1.82) is 0 Å². The predicted molar refractivity (Wildman–Crippen MR) is 77.4 cm³/mol. The number of ether oxygens (including phenoxy) is 1. The summed E-state index contributed by atoms with van der Waals surface area (Å²) < 4.78 is 43.3. The Balaban J connectivity index is 0.00000242. The number of rotatable bonds is 4. The summed E-state index contributed by atoms with van der Waals surface area (Å²) in [5.41, 5.74) is 6.36. The number of hydrogen-bond acceptors (Lipinski definition) is 3. The molecule has 0 aliphatic carbocycles. The maximum atomic E-state index is 12.7. The zero-order valence-corrected chi connectivity index (χ0v) is 12.6. The molecule has 1 fully saturated rings. The third-order valence-corrected chi connectivity index (χ3v) is 3.48. The second-order valence-corrected chi connectivity index (χ2v) is 5.09. The number of carbonyl (C=O) groups excluding carboxylic acids is 1. The summed E-state index contributed by atoms with van der Waals surface area (Å²) in [6.45, 7) is -0.475. The van der Waals surface area contributed by atoms with Gasteiger partial charge in [0.05, 0.1) is 12.5 Å². The van der Waals surface area contributed by atoms with E-state index in [0.717, 1.165) is 10.5 Å². The predicted octanol–water partition coefficient (Wildman–Crippen LogP) is 1.97. The third kappa shape index (κ3) is 4.86. The number of nitrogens with two attached hydrogens (primary N) is 1. The van der Waals surface area contributed by atoms with Crippen molar-refractivity contribution in [2.24, 2.45) is 11.7 Å². The van der Waals surface area contributed by atoms with E-state index in [1.54, 1.807) is 0 Å². The third-order valence-electron chi connectivity index (χ3n) is 3.48. The van der Waals surface area contributed by atoms with Crippen molar-refractivity contribution in [3.05, 3.63) is 35.9 Å². The first-order valence-electron chi connectivity index (χ1n) is 6.59. The van der Waals surface area contributed by atoms with Gasteiger partial charge in [0.25, 0.3) is 0 Å². The highest BCUT2D eigenvalue weighted by Gasteiger charge is 2.49. The Labute approximate surface area is 132 Å². The molecule has 0 bridgehead atoms. The topological polar surface area (TPSA) is 55.6 Å². The lowest BCUT2D eigenvalue weighted by molar-refractivity contribution is -0.174. The molecule has 2 N–H and O–H groups in total. The van der Waals surface area contributed by atoms with Crippen LogP contribution in [0.4, 0.5) is 13.2 Å². The van der Waals surface area contributed by atoms with Crippen LogP contribution in [0.1, 0.15) is 5.56 Å². The van der Waals surface area contributed by atoms with E-state index in [4.69, 9.17) is 10.5 Å². The minimum Gasteiger partial charge on any atom is -0.367 e. The van der Waals surface area contributed by atoms with Crippen LogP contribution in [0.15, 0.2) is 30.3 Å². The zero-order valence-electron chi connectivity index (χ0n) is 11.8. The van der Waals surface area contributed by atoms with E-state index in [1.165, 1.54) is 0 Å². The van der Waals surface area contributed by atoms with Crippen molar-refractivity contribution in [3.63, 3.8) is 0 Å². The van der Waals surface area contributed by atoms with Crippen molar-refractivity contribution < 1.29 is 22.7 Å². The number of alkyl halides is 3. The van der Waals surface area contributed by atoms with Crippen LogP contribution in [-0.2, 0) is 16.1 Å². The van der Waals surface area contributed by atoms with Crippen LogP contribution in [0.25, 0.3) is 0 Å². The highest BCUT2D eigenvalue weighted by Crippen LogP contribution is 2.32. The van der Waals surface area contributed by atoms with Crippen molar-refractivity contribution in [3.8, 4) is 0 Å². The highest BCUT2D eigenvalue weighted by molar-refractivity contribution is 5.85. The van der Waals surface area contributed by atoms with Crippen LogP contribution in [0.3, 0.4) is 0 Å². The van der Waals surface area contributed by atoms with Crippen molar-refractivity contribution >= 4 is 18.3 Å². The van der Waals surface area contributed by atoms with Gasteiger partial charge in [-0.2, -0.15) is 13.2 Å². The van der Waals surface area contributed by atoms with E-state index in [1.807, 2.05) is 30.3 Å². The van der Waals surface area contributed by atoms with Gasteiger partial charge in [-0.1, -0.05) is 30.3 Å². The molecule has 1 aliphatic rings. The Morgan fingerprint density at radius 2 is 1.91 bits per heavy atom. The Bertz CT molecular complexity index is 485. The van der Waals surface area contributed by atoms with Gasteiger partial charge in [0, 0.05) is 19.1 Å². The zero-order chi connectivity index (χ0) is 15.5. The van der Waals surface area contributed by atoms with E-state index >= 15 is 0 Å². The molecule has 1 amide bonds. The number of likely N-dealkylation sites (tertiary alicyclic amines) is 1. The number of carbonyl (C=O) groups is 1. The number of hydrogen-bond donors (Lipinski definition) is 1. The van der Waals surface area contributed by atoms with E-state index < -0.39 is 30.6 Å². The summed E-state index contributed by atoms with van der Waals surface area (Å²) in [6, 6.07) is 8.16. The Morgan fingerprint density at radius 3 is 2.45 bits per heavy atom. The van der Waals surface area contributed by atoms with Gasteiger partial charge in [0.1, 0.15) is 6.61 Å². The van der Waals surface area contributed by atoms with E-state index in [-0.39, 0.29) is 32.2 Å². The minimum atomic E-state index is -4.38. The molecule has 1 aliphatic heterocycles. The molecule has 1 aromatic carbocycles. The monoisotopic (exact) mass is 338 g/mol. The first kappa shape index (κ1) is 18.7. The average molecular weight is 339 g/mol. The van der Waals surface area contributed by atoms with Crippen LogP contribution < -0.4 is 5.73 Å². The summed E-state index contributed by atoms with van der Waals surface area (Å²) >= 11 is 0. The smallest absolute Gasteiger partial charge is 0.367 e. The molecule has 2 unspecified atom stereocenters. The fourth-order valence-electron chi connectivity index (χ4n) is 2.30. The summed E-state index contributed by atoms with van der Waals surface area (Å²) in [5.74, 6) is -2.12. The van der Waals surface area contributed by atoms with Gasteiger partial charge in [0.15, 0.2) is 0 Å². The maximum Gasteiger partial charge on any atom is 0.395 e. The summed E-state index contributed by atoms with van der Waals surface area (Å²) in [7, 11) is 0. The molecule has 0 radical (unpaired) electrons. The van der Waals surface area contributed by atoms with Crippen LogP contribution in [0.5, 0.6) is 0 Å². The fourth-order valence-corrected chi connectivity index (χ4v) is 2.30. The largest absolute Gasteiger partial charge is 0.395 e. The lowest BCUT2D eigenvalue weighted by Crippen LogP contribution is -2.38. The second-order valence-electron chi connectivity index (χ2n) is 5.09. The Hall–Kier alpha value is -1.31. The molecule has 0 saturated carbocycles. The summed E-state index contributed by atoms with van der Waals surface area (Å²) in [6.07, 6.45) is -4.38. The van der Waals surface area contributed by atoms with Crippen LogP contribution in [-0.4, -0.2) is 42.7 Å². The highest BCUT2D eigenvalue weighted by atomic mass is 35.5. The van der Waals surface area contributed by atoms with Gasteiger partial charge in [-0.25, -0.2) is 0 Å². The molecule has 0 aromatic heterocycles. The molecular weight excluding hydrogens is 321 g/mol. The molecule has 2 rings (SSSR count). The fraction of sp³-hybridized carbons (Fsp3) is 0.500. The molecule has 8 heteroatoms. The van der Waals surface area contributed by atoms with Crippen molar-refractivity contribution in [2.75, 3.05) is 19.7 Å². The number of amides is 1. The SMILES string of the molecule is Cl.NC1CN(C(=O)COCc2ccccc2)CC1C(F)(F)F. The lowest BCUT2D eigenvalue weighted by atomic mass is 10.1. The first-order chi connectivity index (χ1) is 9.88. The molecule has 4 nitrogen and oxygen atoms in total. The Kier molecular flexibility index (Phi) is 6.65. The number of benzene rings is 1. The molecule has 1 heterocycles. The minimum absolute atomic E-state index is 0. The van der Waals surface area contributed by atoms with E-state index in [2.05, 4.69) is 0 Å². The van der Waals surface area contributed by atoms with Gasteiger partial charge in [0.2, 0.25) is 5.91 Å². The standard InChI is InChI=1S/C14H17F3N2O2.ClH/c15-14(16,17)11-6-19(7-12(11)18)13(20)9-21-8-10-4-2-1-3-5-10;/h1-5,11-12H,6-9,18H2;1H. The van der Waals surface area contributed by atoms with Crippen LogP contribution in [0, 0.1) is 5.92 Å². The molecule has 2 atom stereocenters. The normalized spacial score (nSPS) is 21.5. The van der Waals surface area contributed by atoms with E-state index in [0.29, 0.717) is 0 Å². The quantitative estimate of drug-likeness (QED) is 0.913. The van der Waals surface area contributed by atoms with Gasteiger partial charge in [-0.05, 0) is 5.56 Å². The first-order valence-corrected chi connectivity index (χ1v) is 6.59. The lowest BCUT2D eigenvalue weighted by Gasteiger charge is -2.18. The molecule has 0 spiro atoms. The summed E-state index contributed by atoms with van der Waals surface area (Å²) in [4.78, 5) is 13.0. The second kappa shape index (κ2) is 7.80. The van der Waals surface area contributed by atoms with Crippen LogP contribution in [0.2, 0.25) is 0 Å². The summed E-state index contributed by atoms with van der Waals surface area (Å²) in [5, 5.41) is 0. The number of halogens is 4. The Morgan fingerprint density at radius 1 is 1.27 bits per heavy atom. The van der Waals surface area contributed by atoms with Gasteiger partial charge >= 0.3 is 6.18 Å². The van der Waals surface area contributed by atoms with Crippen molar-refractivity contribution in [2.45, 2.75) is 18.8 Å². The number of nitrogens with zero attached hydrogens (tertiary/aromatic N) is 1. The molecule has 22 heavy (non-hydrogen) atoms. The van der Waals surface area contributed by atoms with Gasteiger partial charge in [-0.3, -0.25) is 4.79 Å². The average Bonchev–Trinajstić information content (AvgIpc) is 2.82. The van der Waals surface area contributed by atoms with Crippen LogP contribution >= 0.6 is 12.4 Å². The molecule has 1 aromatic rings. The molecule has 124 valence electrons. The van der Waals surface area contributed by atoms with Gasteiger partial charge in [-0.15, -0.1) is 12.4 Å². The maximum absolute atomic E-state index is 12.7. The molecule has 1 saturated heterocycles. The molecular formula is C14H18ClF3N2O2. The van der Waals surface area contributed by atoms with E-state index in [9.17, 15) is 18.0 Å².